The number of imidazole rings is 1. The minimum absolute atomic E-state index is 0.876. The van der Waals surface area contributed by atoms with Crippen molar-refractivity contribution in [2.24, 2.45) is 0 Å². The molecule has 0 saturated heterocycles. The van der Waals surface area contributed by atoms with Gasteiger partial charge in [0.2, 0.25) is 0 Å². The Morgan fingerprint density at radius 3 is 2.31 bits per heavy atom. The second kappa shape index (κ2) is 6.10. The van der Waals surface area contributed by atoms with Crippen LogP contribution in [0.1, 0.15) is 22.3 Å². The average Bonchev–Trinajstić information content (AvgIpc) is 3.57. The van der Waals surface area contributed by atoms with Gasteiger partial charge in [-0.1, -0.05) is 30.3 Å². The van der Waals surface area contributed by atoms with Gasteiger partial charge in [0.15, 0.2) is 5.65 Å². The summed E-state index contributed by atoms with van der Waals surface area (Å²) in [5.41, 5.74) is 15.9. The molecule has 0 spiro atoms. The highest BCUT2D eigenvalue weighted by Gasteiger charge is 2.26. The molecule has 7 aromatic rings. The summed E-state index contributed by atoms with van der Waals surface area (Å²) in [6.45, 7) is 0. The van der Waals surface area contributed by atoms with Crippen molar-refractivity contribution in [2.45, 2.75) is 12.8 Å². The van der Waals surface area contributed by atoms with E-state index in [-0.39, 0.29) is 0 Å². The highest BCUT2D eigenvalue weighted by molar-refractivity contribution is 6.14. The van der Waals surface area contributed by atoms with Crippen LogP contribution in [0.4, 0.5) is 0 Å². The van der Waals surface area contributed by atoms with Crippen molar-refractivity contribution in [3.8, 4) is 22.3 Å². The van der Waals surface area contributed by atoms with Crippen molar-refractivity contribution in [3.63, 3.8) is 0 Å². The fourth-order valence-corrected chi connectivity index (χ4v) is 6.37. The van der Waals surface area contributed by atoms with E-state index in [1.807, 2.05) is 30.6 Å². The van der Waals surface area contributed by atoms with E-state index in [2.05, 4.69) is 64.0 Å². The molecule has 4 nitrogen and oxygen atoms in total. The van der Waals surface area contributed by atoms with E-state index in [4.69, 9.17) is 9.97 Å². The van der Waals surface area contributed by atoms with Gasteiger partial charge in [-0.15, -0.1) is 0 Å². The van der Waals surface area contributed by atoms with E-state index in [9.17, 15) is 0 Å². The number of pyridine rings is 3. The van der Waals surface area contributed by atoms with Crippen LogP contribution >= 0.6 is 0 Å². The quantitative estimate of drug-likeness (QED) is 0.243. The van der Waals surface area contributed by atoms with Crippen molar-refractivity contribution in [1.82, 2.24) is 19.4 Å². The first kappa shape index (κ1) is 17.8. The van der Waals surface area contributed by atoms with Crippen molar-refractivity contribution >= 4 is 38.6 Å². The molecule has 4 heteroatoms. The van der Waals surface area contributed by atoms with E-state index < -0.39 is 0 Å². The largest absolute Gasteiger partial charge is 0.274 e. The number of hydrogen-bond donors (Lipinski definition) is 0. The number of aromatic nitrogens is 4. The first-order valence-corrected chi connectivity index (χ1v) is 12.0. The van der Waals surface area contributed by atoms with Crippen molar-refractivity contribution in [2.75, 3.05) is 0 Å². The Morgan fingerprint density at radius 1 is 0.571 bits per heavy atom. The zero-order valence-electron chi connectivity index (χ0n) is 18.8. The zero-order valence-corrected chi connectivity index (χ0v) is 18.8. The van der Waals surface area contributed by atoms with E-state index in [1.54, 1.807) is 0 Å². The number of hydrogen-bond acceptors (Lipinski definition) is 3. The summed E-state index contributed by atoms with van der Waals surface area (Å²) in [6, 6.07) is 26.5. The van der Waals surface area contributed by atoms with E-state index >= 15 is 0 Å². The molecule has 0 unspecified atom stereocenters. The summed E-state index contributed by atoms with van der Waals surface area (Å²) in [5, 5.41) is 2.29. The SMILES string of the molecule is c1ccc2c(c1)Cc1cc3c(cc1-2)-c1cc2c(cc1C3)c1nc3cccnc3n1c1cccnc21. The van der Waals surface area contributed by atoms with Gasteiger partial charge in [-0.2, -0.15) is 0 Å². The summed E-state index contributed by atoms with van der Waals surface area (Å²) in [7, 11) is 0. The summed E-state index contributed by atoms with van der Waals surface area (Å²) < 4.78 is 2.17. The van der Waals surface area contributed by atoms with E-state index in [0.29, 0.717) is 0 Å². The van der Waals surface area contributed by atoms with Gasteiger partial charge >= 0.3 is 0 Å². The third kappa shape index (κ3) is 2.20. The molecule has 4 aromatic heterocycles. The van der Waals surface area contributed by atoms with Gasteiger partial charge < -0.3 is 0 Å². The molecule has 0 bridgehead atoms. The maximum atomic E-state index is 5.02. The molecule has 0 aliphatic heterocycles. The molecule has 0 saturated carbocycles. The summed E-state index contributed by atoms with van der Waals surface area (Å²) in [6.07, 6.45) is 5.69. The second-order valence-corrected chi connectivity index (χ2v) is 9.72. The fraction of sp³-hybridized carbons (Fsp3) is 0.0645. The van der Waals surface area contributed by atoms with Crippen LogP contribution in [0.2, 0.25) is 0 Å². The Balaban J connectivity index is 1.39. The molecule has 2 aliphatic rings. The van der Waals surface area contributed by atoms with Crippen LogP contribution in [-0.2, 0) is 12.8 Å². The topological polar surface area (TPSA) is 43.1 Å². The number of nitrogens with zero attached hydrogens (tertiary/aromatic N) is 4. The molecule has 0 N–H and O–H groups in total. The third-order valence-electron chi connectivity index (χ3n) is 7.87. The number of benzene rings is 3. The Bertz CT molecular complexity index is 2070. The smallest absolute Gasteiger partial charge is 0.165 e. The van der Waals surface area contributed by atoms with Crippen molar-refractivity contribution < 1.29 is 0 Å². The third-order valence-corrected chi connectivity index (χ3v) is 7.87. The highest BCUT2D eigenvalue weighted by Crippen LogP contribution is 2.46. The molecular formula is C31H18N4. The van der Waals surface area contributed by atoms with Gasteiger partial charge in [-0.05, 0) is 99.8 Å². The fourth-order valence-electron chi connectivity index (χ4n) is 6.37. The van der Waals surface area contributed by atoms with Crippen molar-refractivity contribution in [3.05, 3.63) is 107 Å². The van der Waals surface area contributed by atoms with Crippen LogP contribution in [0.15, 0.2) is 85.2 Å². The van der Waals surface area contributed by atoms with Crippen LogP contribution in [0, 0.1) is 0 Å². The molecule has 3 aromatic carbocycles. The number of fused-ring (bicyclic) bond motifs is 14. The predicted octanol–water partition coefficient (Wildman–Crippen LogP) is 6.73. The van der Waals surface area contributed by atoms with Gasteiger partial charge in [0.25, 0.3) is 0 Å². The zero-order chi connectivity index (χ0) is 22.7. The predicted molar refractivity (Wildman–Crippen MR) is 140 cm³/mol. The monoisotopic (exact) mass is 446 g/mol. The summed E-state index contributed by atoms with van der Waals surface area (Å²) >= 11 is 0. The van der Waals surface area contributed by atoms with Gasteiger partial charge in [0.05, 0.1) is 11.0 Å². The standard InChI is InChI=1S/C31H18N4/c1-2-6-21-17(5-1)11-18-12-19-13-20-14-26-25(16-24(20)23(19)15-22(18)21)29-28(8-4-9-32-29)35-30(26)34-27-7-3-10-33-31(27)35/h1-10,12,14-16H,11,13H2. The van der Waals surface area contributed by atoms with Crippen LogP contribution in [-0.4, -0.2) is 19.4 Å². The lowest BCUT2D eigenvalue weighted by Crippen LogP contribution is -1.95. The molecule has 0 atom stereocenters. The molecule has 4 heterocycles. The first-order chi connectivity index (χ1) is 17.3. The minimum atomic E-state index is 0.876. The molecule has 0 radical (unpaired) electrons. The number of rotatable bonds is 0. The molecule has 0 fully saturated rings. The molecule has 35 heavy (non-hydrogen) atoms. The van der Waals surface area contributed by atoms with Gasteiger partial charge in [0.1, 0.15) is 11.2 Å². The minimum Gasteiger partial charge on any atom is -0.274 e. The lowest BCUT2D eigenvalue weighted by atomic mass is 9.96. The first-order valence-electron chi connectivity index (χ1n) is 12.0. The van der Waals surface area contributed by atoms with Gasteiger partial charge in [0, 0.05) is 23.2 Å². The van der Waals surface area contributed by atoms with Crippen LogP contribution < -0.4 is 0 Å². The van der Waals surface area contributed by atoms with E-state index in [1.165, 1.54) is 44.5 Å². The Kier molecular flexibility index (Phi) is 3.11. The molecule has 2 aliphatic carbocycles. The maximum Gasteiger partial charge on any atom is 0.165 e. The Morgan fingerprint density at radius 2 is 1.34 bits per heavy atom. The molecule has 0 amide bonds. The highest BCUT2D eigenvalue weighted by atomic mass is 15.1. The molecule has 9 rings (SSSR count). The lowest BCUT2D eigenvalue weighted by molar-refractivity contribution is 1.21. The molecular weight excluding hydrogens is 428 g/mol. The summed E-state index contributed by atoms with van der Waals surface area (Å²) in [4.78, 5) is 14.5. The normalized spacial score (nSPS) is 13.5. The van der Waals surface area contributed by atoms with Gasteiger partial charge in [-0.3, -0.25) is 9.38 Å². The Hall–Kier alpha value is -4.57. The van der Waals surface area contributed by atoms with Crippen molar-refractivity contribution in [1.29, 1.82) is 0 Å². The van der Waals surface area contributed by atoms with Gasteiger partial charge in [-0.25, -0.2) is 9.97 Å². The van der Waals surface area contributed by atoms with Crippen LogP contribution in [0.5, 0.6) is 0 Å². The van der Waals surface area contributed by atoms with Crippen LogP contribution in [0.3, 0.4) is 0 Å². The Labute approximate surface area is 200 Å². The van der Waals surface area contributed by atoms with E-state index in [0.717, 1.165) is 51.5 Å². The summed E-state index contributed by atoms with van der Waals surface area (Å²) in [5.74, 6) is 0. The molecule has 162 valence electrons. The second-order valence-electron chi connectivity index (χ2n) is 9.72. The lowest BCUT2D eigenvalue weighted by Gasteiger charge is -2.11. The van der Waals surface area contributed by atoms with Crippen LogP contribution in [0.25, 0.3) is 60.9 Å². The maximum absolute atomic E-state index is 5.02. The average molecular weight is 447 g/mol.